The topological polar surface area (TPSA) is 88.3 Å². The van der Waals surface area contributed by atoms with Crippen molar-refractivity contribution in [2.24, 2.45) is 0 Å². The fourth-order valence-corrected chi connectivity index (χ4v) is 1.83. The zero-order valence-electron chi connectivity index (χ0n) is 10.6. The minimum atomic E-state index is 0.388. The molecule has 0 fully saturated rings. The number of aryl methyl sites for hydroxylation is 1. The first-order valence-electron chi connectivity index (χ1n) is 5.41. The van der Waals surface area contributed by atoms with Gasteiger partial charge in [0, 0.05) is 5.56 Å². The van der Waals surface area contributed by atoms with Gasteiger partial charge in [-0.1, -0.05) is 6.07 Å². The van der Waals surface area contributed by atoms with Crippen LogP contribution in [0.15, 0.2) is 18.2 Å². The van der Waals surface area contributed by atoms with E-state index in [-0.39, 0.29) is 0 Å². The average molecular weight is 248 g/mol. The zero-order chi connectivity index (χ0) is 13.3. The average Bonchev–Trinajstić information content (AvgIpc) is 2.65. The predicted octanol–water partition coefficient (Wildman–Crippen LogP) is 1.17. The molecule has 0 spiro atoms. The van der Waals surface area contributed by atoms with E-state index in [2.05, 4.69) is 4.98 Å². The Bertz CT molecular complexity index is 578. The molecule has 96 valence electrons. The van der Waals surface area contributed by atoms with E-state index in [9.17, 15) is 0 Å². The number of rotatable bonds is 3. The number of anilines is 1. The lowest BCUT2D eigenvalue weighted by atomic mass is 10.1. The number of aromatic nitrogens is 2. The van der Waals surface area contributed by atoms with Gasteiger partial charge >= 0.3 is 0 Å². The number of ether oxygens (including phenoxy) is 2. The molecule has 6 heteroatoms. The zero-order valence-corrected chi connectivity index (χ0v) is 10.6. The van der Waals surface area contributed by atoms with Gasteiger partial charge in [-0.2, -0.15) is 0 Å². The van der Waals surface area contributed by atoms with E-state index < -0.39 is 0 Å². The highest BCUT2D eigenvalue weighted by molar-refractivity contribution is 5.78. The number of hydrogen-bond acceptors (Lipinski definition) is 5. The lowest BCUT2D eigenvalue weighted by Gasteiger charge is -2.11. The van der Waals surface area contributed by atoms with Gasteiger partial charge in [0.25, 0.3) is 0 Å². The maximum atomic E-state index is 5.93. The second-order valence-electron chi connectivity index (χ2n) is 3.80. The molecule has 18 heavy (non-hydrogen) atoms. The van der Waals surface area contributed by atoms with Crippen LogP contribution in [0.4, 0.5) is 5.82 Å². The van der Waals surface area contributed by atoms with Gasteiger partial charge in [-0.3, -0.25) is 0 Å². The highest BCUT2D eigenvalue weighted by Crippen LogP contribution is 2.39. The van der Waals surface area contributed by atoms with E-state index >= 15 is 0 Å². The normalized spacial score (nSPS) is 10.4. The number of hydrogen-bond donors (Lipinski definition) is 2. The summed E-state index contributed by atoms with van der Waals surface area (Å²) in [5.41, 5.74) is 7.27. The smallest absolute Gasteiger partial charge is 0.170 e. The minimum absolute atomic E-state index is 0.388. The molecule has 0 atom stereocenters. The summed E-state index contributed by atoms with van der Waals surface area (Å²) < 4.78 is 11.9. The maximum absolute atomic E-state index is 5.93. The molecule has 1 aromatic heterocycles. The van der Waals surface area contributed by atoms with Crippen molar-refractivity contribution in [3.8, 4) is 22.8 Å². The van der Waals surface area contributed by atoms with Gasteiger partial charge < -0.3 is 21.1 Å². The van der Waals surface area contributed by atoms with Crippen molar-refractivity contribution in [3.05, 3.63) is 24.0 Å². The minimum Gasteiger partial charge on any atom is -0.493 e. The molecule has 0 aliphatic heterocycles. The second kappa shape index (κ2) is 4.48. The molecule has 2 aromatic rings. The van der Waals surface area contributed by atoms with Gasteiger partial charge in [0.05, 0.1) is 14.2 Å². The van der Waals surface area contributed by atoms with Gasteiger partial charge in [0.15, 0.2) is 17.3 Å². The summed E-state index contributed by atoms with van der Waals surface area (Å²) >= 11 is 0. The molecule has 0 saturated carbocycles. The molecule has 0 amide bonds. The second-order valence-corrected chi connectivity index (χ2v) is 3.80. The standard InChI is InChI=1S/C12H16N4O2/c1-7-15-10(12(13)16(7)14)8-5-4-6-9(17-2)11(8)18-3/h4-6H,13-14H2,1-3H3. The SMILES string of the molecule is COc1cccc(-c2nc(C)n(N)c2N)c1OC. The van der Waals surface area contributed by atoms with E-state index in [0.29, 0.717) is 28.8 Å². The molecule has 0 saturated heterocycles. The summed E-state index contributed by atoms with van der Waals surface area (Å²) in [6.45, 7) is 1.78. The number of methoxy groups -OCH3 is 2. The van der Waals surface area contributed by atoms with Gasteiger partial charge in [0.2, 0.25) is 0 Å². The number of benzene rings is 1. The van der Waals surface area contributed by atoms with E-state index in [0.717, 1.165) is 5.56 Å². The van der Waals surface area contributed by atoms with Crippen LogP contribution < -0.4 is 21.1 Å². The number of nitrogens with zero attached hydrogens (tertiary/aromatic N) is 2. The predicted molar refractivity (Wildman–Crippen MR) is 70.1 cm³/mol. The van der Waals surface area contributed by atoms with Crippen LogP contribution in [0.3, 0.4) is 0 Å². The first-order valence-corrected chi connectivity index (χ1v) is 5.41. The van der Waals surface area contributed by atoms with E-state index in [1.165, 1.54) is 4.68 Å². The molecule has 0 radical (unpaired) electrons. The molecular weight excluding hydrogens is 232 g/mol. The molecule has 2 rings (SSSR count). The first kappa shape index (κ1) is 12.1. The lowest BCUT2D eigenvalue weighted by molar-refractivity contribution is 0.356. The Morgan fingerprint density at radius 3 is 2.44 bits per heavy atom. The summed E-state index contributed by atoms with van der Waals surface area (Å²) in [5, 5.41) is 0. The summed E-state index contributed by atoms with van der Waals surface area (Å²) in [7, 11) is 3.15. The Hall–Kier alpha value is -2.37. The Balaban J connectivity index is 2.67. The van der Waals surface area contributed by atoms with Crippen LogP contribution in [-0.2, 0) is 0 Å². The maximum Gasteiger partial charge on any atom is 0.170 e. The molecule has 0 unspecified atom stereocenters. The van der Waals surface area contributed by atoms with Crippen molar-refractivity contribution in [2.75, 3.05) is 25.8 Å². The summed E-state index contributed by atoms with van der Waals surface area (Å²) in [5.74, 6) is 7.99. The lowest BCUT2D eigenvalue weighted by Crippen LogP contribution is -2.13. The summed E-state index contributed by atoms with van der Waals surface area (Å²) in [6, 6.07) is 5.52. The number of nitrogen functional groups attached to an aromatic ring is 2. The molecule has 0 bridgehead atoms. The highest BCUT2D eigenvalue weighted by Gasteiger charge is 2.18. The monoisotopic (exact) mass is 248 g/mol. The van der Waals surface area contributed by atoms with Gasteiger partial charge in [0.1, 0.15) is 11.5 Å². The first-order chi connectivity index (χ1) is 8.60. The van der Waals surface area contributed by atoms with Crippen LogP contribution in [0.2, 0.25) is 0 Å². The number of para-hydroxylation sites is 1. The van der Waals surface area contributed by atoms with Crippen molar-refractivity contribution in [2.45, 2.75) is 6.92 Å². The van der Waals surface area contributed by atoms with Crippen LogP contribution in [0.25, 0.3) is 11.3 Å². The summed E-state index contributed by atoms with van der Waals surface area (Å²) in [4.78, 5) is 4.34. The molecule has 0 aliphatic carbocycles. The van der Waals surface area contributed by atoms with Crippen molar-refractivity contribution >= 4 is 5.82 Å². The van der Waals surface area contributed by atoms with Gasteiger partial charge in [-0.15, -0.1) is 0 Å². The third-order valence-electron chi connectivity index (χ3n) is 2.78. The third-order valence-corrected chi connectivity index (χ3v) is 2.78. The number of imidazole rings is 1. The van der Waals surface area contributed by atoms with Crippen LogP contribution in [0, 0.1) is 6.92 Å². The fourth-order valence-electron chi connectivity index (χ4n) is 1.83. The fraction of sp³-hybridized carbons (Fsp3) is 0.250. The van der Waals surface area contributed by atoms with Crippen LogP contribution in [0.5, 0.6) is 11.5 Å². The van der Waals surface area contributed by atoms with Gasteiger partial charge in [-0.25, -0.2) is 9.66 Å². The summed E-state index contributed by atoms with van der Waals surface area (Å²) in [6.07, 6.45) is 0. The molecular formula is C12H16N4O2. The largest absolute Gasteiger partial charge is 0.493 e. The molecule has 4 N–H and O–H groups in total. The van der Waals surface area contributed by atoms with E-state index in [1.807, 2.05) is 18.2 Å². The Morgan fingerprint density at radius 1 is 1.22 bits per heavy atom. The molecule has 0 aliphatic rings. The van der Waals surface area contributed by atoms with Crippen molar-refractivity contribution in [1.82, 2.24) is 9.66 Å². The van der Waals surface area contributed by atoms with Crippen LogP contribution >= 0.6 is 0 Å². The van der Waals surface area contributed by atoms with Crippen LogP contribution in [-0.4, -0.2) is 23.9 Å². The Labute approximate surface area is 105 Å². The molecule has 1 heterocycles. The molecule has 1 aromatic carbocycles. The van der Waals surface area contributed by atoms with Crippen molar-refractivity contribution in [1.29, 1.82) is 0 Å². The number of nitrogens with two attached hydrogens (primary N) is 2. The van der Waals surface area contributed by atoms with Crippen LogP contribution in [0.1, 0.15) is 5.82 Å². The quantitative estimate of drug-likeness (QED) is 0.796. The van der Waals surface area contributed by atoms with Crippen molar-refractivity contribution in [3.63, 3.8) is 0 Å². The van der Waals surface area contributed by atoms with Gasteiger partial charge in [-0.05, 0) is 19.1 Å². The van der Waals surface area contributed by atoms with E-state index in [1.54, 1.807) is 21.1 Å². The molecule has 6 nitrogen and oxygen atoms in total. The Morgan fingerprint density at radius 2 is 1.94 bits per heavy atom. The third kappa shape index (κ3) is 1.71. The highest BCUT2D eigenvalue weighted by atomic mass is 16.5. The van der Waals surface area contributed by atoms with Crippen molar-refractivity contribution < 1.29 is 9.47 Å². The van der Waals surface area contributed by atoms with E-state index in [4.69, 9.17) is 21.1 Å². The Kier molecular flexibility index (Phi) is 3.01.